The first-order valence-corrected chi connectivity index (χ1v) is 39.6. The molecule has 4 saturated heterocycles. The van der Waals surface area contributed by atoms with Crippen molar-refractivity contribution in [2.24, 2.45) is 23.7 Å². The van der Waals surface area contributed by atoms with Crippen LogP contribution in [0.5, 0.6) is 11.9 Å². The smallest absolute Gasteiger partial charge is 0.335 e. The lowest BCUT2D eigenvalue weighted by Gasteiger charge is -2.34. The number of carbonyl (C=O) groups is 4. The molecule has 0 spiro atoms. The predicted octanol–water partition coefficient (Wildman–Crippen LogP) is 10.3. The SMILES string of the molecule is Cc1ccc(NC2CC3CC2N(C(=O)c2ccc(C)nc2-n2nccn2)C3)nc1.Cc1ccc(NC2CC3CC2N(C(=O)c2cccc(F)c2-n2nccn2)C3)nc1.Cc1ccc(OC2CC3CC2N(C(=O)c2nc(C)ccc2-c2ncccn2)C3)nn1.Cc1cnc(OC2CC3CC2N(C(=O)c2cccc(F)c2-c2ncccn2)C3)nn1. The zero-order chi connectivity index (χ0) is 81.2. The molecule has 4 saturated carbocycles. The maximum atomic E-state index is 14.7. The highest BCUT2D eigenvalue weighted by atomic mass is 19.1. The molecule has 118 heavy (non-hydrogen) atoms. The molecular formula is C85H85F2N25O6. The summed E-state index contributed by atoms with van der Waals surface area (Å²) in [6.07, 6.45) is 25.0. The van der Waals surface area contributed by atoms with Crippen LogP contribution in [0.3, 0.4) is 0 Å². The molecule has 12 unspecified atom stereocenters. The summed E-state index contributed by atoms with van der Waals surface area (Å²) in [5.41, 5.74) is 7.70. The third-order valence-electron chi connectivity index (χ3n) is 23.1. The average molecular weight is 1590 g/mol. The lowest BCUT2D eigenvalue weighted by Crippen LogP contribution is -2.48. The number of nitrogens with one attached hydrogen (secondary N) is 2. The maximum Gasteiger partial charge on any atom is 0.335 e. The fourth-order valence-electron chi connectivity index (χ4n) is 17.8. The number of pyridine rings is 4. The van der Waals surface area contributed by atoms with Gasteiger partial charge < -0.3 is 39.7 Å². The number of anilines is 2. The van der Waals surface area contributed by atoms with Crippen molar-refractivity contribution in [2.75, 3.05) is 36.8 Å². The number of rotatable bonds is 16. The Balaban J connectivity index is 0.000000113. The van der Waals surface area contributed by atoms with Gasteiger partial charge in [-0.05, 0) is 207 Å². The monoisotopic (exact) mass is 1590 g/mol. The van der Waals surface area contributed by atoms with E-state index in [1.54, 1.807) is 73.1 Å². The topological polar surface area (TPSA) is 353 Å². The van der Waals surface area contributed by atoms with E-state index in [1.165, 1.54) is 52.6 Å². The second kappa shape index (κ2) is 33.4. The third-order valence-corrected chi connectivity index (χ3v) is 23.1. The van der Waals surface area contributed by atoms with E-state index in [9.17, 15) is 28.0 Å². The van der Waals surface area contributed by atoms with Crippen LogP contribution in [0.15, 0.2) is 177 Å². The van der Waals surface area contributed by atoms with Gasteiger partial charge in [0.15, 0.2) is 23.3 Å². The number of likely N-dealkylation sites (tertiary alicyclic amines) is 4. The minimum absolute atomic E-state index is 0.00235. The lowest BCUT2D eigenvalue weighted by atomic mass is 10.0. The van der Waals surface area contributed by atoms with Gasteiger partial charge in [-0.15, -0.1) is 19.8 Å². The number of para-hydroxylation sites is 1. The number of piperidine rings is 4. The van der Waals surface area contributed by atoms with Gasteiger partial charge in [-0.3, -0.25) is 19.2 Å². The summed E-state index contributed by atoms with van der Waals surface area (Å²) in [7, 11) is 0. The fraction of sp³-hybridized carbons (Fsp3) is 0.353. The van der Waals surface area contributed by atoms with Gasteiger partial charge in [-0.2, -0.15) is 25.5 Å². The van der Waals surface area contributed by atoms with Gasteiger partial charge in [-0.25, -0.2) is 53.6 Å². The zero-order valence-electron chi connectivity index (χ0n) is 65.6. The van der Waals surface area contributed by atoms with Crippen LogP contribution >= 0.6 is 0 Å². The Morgan fingerprint density at radius 3 is 1.46 bits per heavy atom. The first-order chi connectivity index (χ1) is 57.4. The number of carbonyl (C=O) groups excluding carboxylic acids is 4. The quantitative estimate of drug-likeness (QED) is 0.0907. The van der Waals surface area contributed by atoms with E-state index < -0.39 is 11.6 Å². The highest BCUT2D eigenvalue weighted by Gasteiger charge is 2.52. The molecule has 12 atom stereocenters. The van der Waals surface area contributed by atoms with Crippen LogP contribution in [0.2, 0.25) is 0 Å². The Morgan fingerprint density at radius 2 is 0.898 bits per heavy atom. The molecule has 2 N–H and O–H groups in total. The highest BCUT2D eigenvalue weighted by molar-refractivity contribution is 6.01. The minimum atomic E-state index is -0.525. The zero-order valence-corrected chi connectivity index (χ0v) is 65.6. The number of halogens is 2. The molecule has 600 valence electrons. The van der Waals surface area contributed by atoms with Crippen LogP contribution in [0.1, 0.15) is 127 Å². The van der Waals surface area contributed by atoms with Gasteiger partial charge in [0.25, 0.3) is 23.6 Å². The van der Waals surface area contributed by atoms with E-state index in [0.29, 0.717) is 83.3 Å². The van der Waals surface area contributed by atoms with Crippen LogP contribution in [-0.4, -0.2) is 213 Å². The van der Waals surface area contributed by atoms with Crippen molar-refractivity contribution in [1.82, 2.24) is 115 Å². The Kier molecular flexibility index (Phi) is 21.8. The molecule has 2 aromatic carbocycles. The summed E-state index contributed by atoms with van der Waals surface area (Å²) in [5.74, 6) is 3.44. The van der Waals surface area contributed by atoms with E-state index in [0.717, 1.165) is 97.8 Å². The molecule has 33 heteroatoms. The van der Waals surface area contributed by atoms with Crippen molar-refractivity contribution < 1.29 is 37.4 Å². The molecule has 4 aliphatic heterocycles. The number of aryl methyl sites for hydroxylation is 6. The summed E-state index contributed by atoms with van der Waals surface area (Å²) in [4.78, 5) is 103. The number of benzene rings is 2. The summed E-state index contributed by atoms with van der Waals surface area (Å²) < 4.78 is 41.3. The van der Waals surface area contributed by atoms with Crippen molar-refractivity contribution in [1.29, 1.82) is 0 Å². The Morgan fingerprint density at radius 1 is 0.398 bits per heavy atom. The number of hydrogen-bond donors (Lipinski definition) is 2. The van der Waals surface area contributed by atoms with E-state index in [1.807, 2.05) is 122 Å². The van der Waals surface area contributed by atoms with Gasteiger partial charge in [0.2, 0.25) is 5.88 Å². The van der Waals surface area contributed by atoms with Gasteiger partial charge in [-0.1, -0.05) is 29.4 Å². The first-order valence-electron chi connectivity index (χ1n) is 39.6. The Hall–Kier alpha value is -13.5. The molecular weight excluding hydrogens is 1510 g/mol. The molecule has 0 radical (unpaired) electrons. The summed E-state index contributed by atoms with van der Waals surface area (Å²) >= 11 is 0. The standard InChI is InChI=1S/C22H22N6O2.C21H19FN6O2.C21H21FN6O.C21H23N7O/c1-13-4-6-16(21-23-8-3-9-24-21)20(25-13)22(29)28-12-15-10-17(28)18(11-15)30-19-7-5-14(2)26-27-19;1-12-10-25-21(27-26-12)30-17-9-13-8-16(17)28(11-13)20(29)14-4-2-5-15(22)18(14)19-23-6-3-7-24-19;1-13-5-6-19(23-11-13)26-17-9-14-10-18(17)27(12-14)21(29)15-3-2-4-16(22)20(15)28-24-7-8-25-28;1-13-3-6-19(22-11-13)26-17-9-15-10-18(17)27(12-15)21(29)16-5-4-14(2)25-20(16)28-23-7-8-24-28/h3-9,15,17-18H,10-12H2,1-2H3;2-7,10,13,16-17H,8-9,11H2,1H3;2-8,11,14,17-18H,9-10,12H2,1H3,(H,23,26);3-8,11,15,17-18H,9-10,12H2,1-2H3,(H,22,26). The normalized spacial score (nSPS) is 22.6. The lowest BCUT2D eigenvalue weighted by molar-refractivity contribution is 0.0449. The number of nitrogens with zero attached hydrogens (tertiary/aromatic N) is 23. The fourth-order valence-corrected chi connectivity index (χ4v) is 17.8. The van der Waals surface area contributed by atoms with Crippen molar-refractivity contribution >= 4 is 35.3 Å². The number of fused-ring (bicyclic) bond motifs is 8. The van der Waals surface area contributed by atoms with Gasteiger partial charge in [0.1, 0.15) is 41.0 Å². The maximum absolute atomic E-state index is 14.7. The number of hydrogen-bond acceptors (Lipinski definition) is 25. The second-order valence-corrected chi connectivity index (χ2v) is 31.4. The third kappa shape index (κ3) is 16.3. The minimum Gasteiger partial charge on any atom is -0.471 e. The molecule has 14 heterocycles. The molecule has 4 amide bonds. The number of aromatic nitrogens is 19. The highest BCUT2D eigenvalue weighted by Crippen LogP contribution is 2.45. The molecule has 8 fully saturated rings. The van der Waals surface area contributed by atoms with Crippen LogP contribution < -0.4 is 20.1 Å². The van der Waals surface area contributed by atoms with Gasteiger partial charge in [0, 0.05) is 92.9 Å². The van der Waals surface area contributed by atoms with E-state index in [2.05, 4.69) is 96.3 Å². The van der Waals surface area contributed by atoms with Gasteiger partial charge >= 0.3 is 6.01 Å². The van der Waals surface area contributed by atoms with E-state index in [4.69, 9.17) is 9.47 Å². The number of ether oxygens (including phenoxy) is 2. The predicted molar refractivity (Wildman–Crippen MR) is 426 cm³/mol. The molecule has 10 aromatic heterocycles. The molecule has 8 aliphatic rings. The van der Waals surface area contributed by atoms with E-state index >= 15 is 0 Å². The summed E-state index contributed by atoms with van der Waals surface area (Å²) in [5, 5.41) is 39.5. The van der Waals surface area contributed by atoms with Crippen LogP contribution in [0, 0.1) is 76.8 Å². The van der Waals surface area contributed by atoms with E-state index in [-0.39, 0.29) is 106 Å². The summed E-state index contributed by atoms with van der Waals surface area (Å²) in [6.45, 7) is 14.3. The van der Waals surface area contributed by atoms with Crippen LogP contribution in [0.25, 0.3) is 34.3 Å². The van der Waals surface area contributed by atoms with Crippen molar-refractivity contribution in [3.05, 3.63) is 245 Å². The summed E-state index contributed by atoms with van der Waals surface area (Å²) in [6, 6.07) is 32.2. The van der Waals surface area contributed by atoms with Gasteiger partial charge in [0.05, 0.1) is 94.4 Å². The van der Waals surface area contributed by atoms with Crippen molar-refractivity contribution in [3.8, 4) is 46.2 Å². The van der Waals surface area contributed by atoms with Crippen LogP contribution in [0.4, 0.5) is 20.4 Å². The molecule has 20 rings (SSSR count). The van der Waals surface area contributed by atoms with Crippen molar-refractivity contribution in [3.63, 3.8) is 0 Å². The van der Waals surface area contributed by atoms with Crippen molar-refractivity contribution in [2.45, 2.75) is 141 Å². The average Bonchev–Trinajstić information content (AvgIpc) is 1.61. The van der Waals surface area contributed by atoms with Crippen LogP contribution in [-0.2, 0) is 0 Å². The first kappa shape index (κ1) is 77.1. The largest absolute Gasteiger partial charge is 0.471 e. The molecule has 4 aliphatic carbocycles. The Bertz CT molecular complexity index is 5510. The molecule has 31 nitrogen and oxygen atoms in total. The molecule has 8 bridgehead atoms. The number of amides is 4. The Labute approximate surface area is 677 Å². The second-order valence-electron chi connectivity index (χ2n) is 31.4. The molecule has 12 aromatic rings.